The Kier molecular flexibility index (Phi) is 6.49. The highest BCUT2D eigenvalue weighted by atomic mass is 19.1. The minimum atomic E-state index is -0.686. The molecule has 0 saturated carbocycles. The van der Waals surface area contributed by atoms with Crippen LogP contribution in [0.2, 0.25) is 0 Å². The summed E-state index contributed by atoms with van der Waals surface area (Å²) in [7, 11) is 0. The fourth-order valence-electron chi connectivity index (χ4n) is 5.58. The van der Waals surface area contributed by atoms with Gasteiger partial charge in [0.1, 0.15) is 11.5 Å². The summed E-state index contributed by atoms with van der Waals surface area (Å²) >= 11 is 0. The Morgan fingerprint density at radius 3 is 2.51 bits per heavy atom. The molecule has 1 fully saturated rings. The van der Waals surface area contributed by atoms with Gasteiger partial charge in [-0.2, -0.15) is 5.10 Å². The lowest BCUT2D eigenvalue weighted by atomic mass is 9.85. The van der Waals surface area contributed by atoms with E-state index in [0.29, 0.717) is 37.6 Å². The Morgan fingerprint density at radius 1 is 1.08 bits per heavy atom. The molecule has 0 radical (unpaired) electrons. The van der Waals surface area contributed by atoms with Gasteiger partial charge >= 0.3 is 0 Å². The Balaban J connectivity index is 1.51. The number of nitrogens with zero attached hydrogens (tertiary/aromatic N) is 3. The van der Waals surface area contributed by atoms with Crippen LogP contribution < -0.4 is 5.73 Å². The van der Waals surface area contributed by atoms with Crippen LogP contribution in [0.25, 0.3) is 0 Å². The zero-order valence-electron chi connectivity index (χ0n) is 21.3. The maximum Gasteiger partial charge on any atom is 0.271 e. The Labute approximate surface area is 224 Å². The zero-order chi connectivity index (χ0) is 27.1. The summed E-state index contributed by atoms with van der Waals surface area (Å²) in [5.41, 5.74) is 10.2. The van der Waals surface area contributed by atoms with Gasteiger partial charge in [-0.15, -0.1) is 0 Å². The average Bonchev–Trinajstić information content (AvgIpc) is 3.71. The summed E-state index contributed by atoms with van der Waals surface area (Å²) < 4.78 is 26.7. The number of benzene rings is 2. The highest BCUT2D eigenvalue weighted by molar-refractivity contribution is 5.96. The van der Waals surface area contributed by atoms with E-state index in [4.69, 9.17) is 15.2 Å². The number of carbonyl (C=O) groups is 2. The Morgan fingerprint density at radius 2 is 1.82 bits per heavy atom. The molecular weight excluding hydrogens is 501 g/mol. The second kappa shape index (κ2) is 10.1. The first kappa shape index (κ1) is 25.0. The monoisotopic (exact) mass is 529 g/mol. The maximum absolute atomic E-state index is 13.8. The largest absolute Gasteiger partial charge is 0.364 e. The minimum absolute atomic E-state index is 0.103. The molecule has 0 aliphatic carbocycles. The van der Waals surface area contributed by atoms with Gasteiger partial charge in [0.15, 0.2) is 12.0 Å². The third-order valence-electron chi connectivity index (χ3n) is 7.24. The molecular formula is C29H28FN5O4. The van der Waals surface area contributed by atoms with E-state index in [9.17, 15) is 14.0 Å². The van der Waals surface area contributed by atoms with Crippen LogP contribution in [0.3, 0.4) is 0 Å². The number of rotatable bonds is 6. The van der Waals surface area contributed by atoms with Crippen molar-refractivity contribution >= 4 is 11.8 Å². The van der Waals surface area contributed by atoms with Gasteiger partial charge in [0, 0.05) is 35.5 Å². The molecule has 9 nitrogen and oxygen atoms in total. The van der Waals surface area contributed by atoms with E-state index in [0.717, 1.165) is 22.4 Å². The molecule has 39 heavy (non-hydrogen) atoms. The van der Waals surface area contributed by atoms with Crippen LogP contribution >= 0.6 is 0 Å². The molecule has 4 aromatic rings. The number of carbonyl (C=O) groups excluding carboxylic acids is 2. The third-order valence-corrected chi connectivity index (χ3v) is 7.24. The van der Waals surface area contributed by atoms with Gasteiger partial charge in [-0.1, -0.05) is 37.3 Å². The smallest absolute Gasteiger partial charge is 0.271 e. The average molecular weight is 530 g/mol. The van der Waals surface area contributed by atoms with Crippen molar-refractivity contribution in [2.45, 2.75) is 31.7 Å². The van der Waals surface area contributed by atoms with Crippen molar-refractivity contribution in [1.82, 2.24) is 19.7 Å². The maximum atomic E-state index is 13.8. The molecule has 200 valence electrons. The van der Waals surface area contributed by atoms with Crippen LogP contribution in [0.1, 0.15) is 74.1 Å². The van der Waals surface area contributed by atoms with E-state index < -0.39 is 18.2 Å². The van der Waals surface area contributed by atoms with Crippen LogP contribution in [0.4, 0.5) is 4.39 Å². The second-order valence-electron chi connectivity index (χ2n) is 9.88. The fourth-order valence-corrected chi connectivity index (χ4v) is 5.58. The molecule has 3 N–H and O–H groups in total. The van der Waals surface area contributed by atoms with E-state index in [1.165, 1.54) is 12.1 Å². The van der Waals surface area contributed by atoms with Crippen LogP contribution in [-0.4, -0.2) is 51.2 Å². The van der Waals surface area contributed by atoms with Gasteiger partial charge in [-0.05, 0) is 41.5 Å². The molecule has 2 unspecified atom stereocenters. The van der Waals surface area contributed by atoms with E-state index in [-0.39, 0.29) is 23.3 Å². The summed E-state index contributed by atoms with van der Waals surface area (Å²) in [6, 6.07) is 16.7. The lowest BCUT2D eigenvalue weighted by molar-refractivity contribution is -0.0442. The van der Waals surface area contributed by atoms with E-state index >= 15 is 0 Å². The first-order chi connectivity index (χ1) is 18.9. The van der Waals surface area contributed by atoms with E-state index in [2.05, 4.69) is 10.1 Å². The predicted molar refractivity (Wildman–Crippen MR) is 139 cm³/mol. The number of aromatic nitrogens is 3. The molecule has 1 saturated heterocycles. The van der Waals surface area contributed by atoms with Crippen molar-refractivity contribution in [2.75, 3.05) is 19.8 Å². The highest BCUT2D eigenvalue weighted by Crippen LogP contribution is 2.43. The third kappa shape index (κ3) is 4.62. The van der Waals surface area contributed by atoms with Gasteiger partial charge in [-0.3, -0.25) is 14.3 Å². The second-order valence-corrected chi connectivity index (χ2v) is 9.88. The minimum Gasteiger partial charge on any atom is -0.364 e. The first-order valence-corrected chi connectivity index (χ1v) is 12.8. The molecule has 0 spiro atoms. The number of hydrogen-bond acceptors (Lipinski definition) is 5. The van der Waals surface area contributed by atoms with Gasteiger partial charge in [-0.25, -0.2) is 4.39 Å². The van der Waals surface area contributed by atoms with Crippen LogP contribution in [-0.2, 0) is 16.0 Å². The Bertz CT molecular complexity index is 1510. The highest BCUT2D eigenvalue weighted by Gasteiger charge is 2.42. The molecule has 10 heteroatoms. The molecule has 6 rings (SSSR count). The number of aromatic amines is 1. The summed E-state index contributed by atoms with van der Waals surface area (Å²) in [6.45, 7) is 3.69. The van der Waals surface area contributed by atoms with Crippen molar-refractivity contribution in [3.63, 3.8) is 0 Å². The van der Waals surface area contributed by atoms with Crippen molar-refractivity contribution in [2.24, 2.45) is 5.73 Å². The number of halogens is 1. The quantitative estimate of drug-likeness (QED) is 0.393. The Hall–Kier alpha value is -4.28. The van der Waals surface area contributed by atoms with Crippen molar-refractivity contribution in [3.8, 4) is 0 Å². The molecule has 0 bridgehead atoms. The summed E-state index contributed by atoms with van der Waals surface area (Å²) in [6.07, 6.45) is 1.20. The summed E-state index contributed by atoms with van der Waals surface area (Å²) in [5, 5.41) is 4.64. The number of hydrogen-bond donors (Lipinski definition) is 2. The number of primary amides is 1. The standard InChI is InChI=1S/C29H28FN5O4/c1-17-15-34(28(37)22-6-3-11-32-22)26(19-4-2-5-20(14-19)29-38-12-13-39-29)23-24(27(31)36)33-35(25(17)23)16-18-7-9-21(30)10-8-18/h2-11,14,17,26,29,32H,12-13,15-16H2,1H3,(H2,31,36). The van der Waals surface area contributed by atoms with E-state index in [1.807, 2.05) is 31.2 Å². The van der Waals surface area contributed by atoms with E-state index in [1.54, 1.807) is 40.0 Å². The number of H-pyrrole nitrogens is 1. The van der Waals surface area contributed by atoms with Crippen molar-refractivity contribution in [3.05, 3.63) is 112 Å². The molecule has 2 aromatic carbocycles. The molecule has 2 aliphatic rings. The topological polar surface area (TPSA) is 115 Å². The van der Waals surface area contributed by atoms with Gasteiger partial charge in [0.05, 0.1) is 25.8 Å². The van der Waals surface area contributed by atoms with Crippen LogP contribution in [0.5, 0.6) is 0 Å². The lowest BCUT2D eigenvalue weighted by Gasteiger charge is -2.39. The number of nitrogens with one attached hydrogen (secondary N) is 1. The summed E-state index contributed by atoms with van der Waals surface area (Å²) in [4.78, 5) is 31.4. The zero-order valence-corrected chi connectivity index (χ0v) is 21.3. The van der Waals surface area contributed by atoms with Crippen molar-refractivity contribution < 1.29 is 23.5 Å². The normalized spacial score (nSPS) is 19.3. The molecule has 2 aromatic heterocycles. The fraction of sp³-hybridized carbons (Fsp3) is 0.276. The SMILES string of the molecule is CC1CN(C(=O)c2ccc[nH]2)C(c2cccc(C3OCCO3)c2)c2c(C(N)=O)nn(Cc3ccc(F)cc3)c21. The summed E-state index contributed by atoms with van der Waals surface area (Å²) in [5.74, 6) is -1.39. The van der Waals surface area contributed by atoms with Gasteiger partial charge in [0.25, 0.3) is 11.8 Å². The molecule has 2 atom stereocenters. The number of fused-ring (bicyclic) bond motifs is 1. The number of nitrogens with two attached hydrogens (primary N) is 1. The first-order valence-electron chi connectivity index (χ1n) is 12.8. The van der Waals surface area contributed by atoms with Gasteiger partial charge < -0.3 is 25.1 Å². The number of ether oxygens (including phenoxy) is 2. The predicted octanol–water partition coefficient (Wildman–Crippen LogP) is 3.89. The van der Waals surface area contributed by atoms with Crippen LogP contribution in [0.15, 0.2) is 66.9 Å². The van der Waals surface area contributed by atoms with Crippen LogP contribution in [0, 0.1) is 5.82 Å². The number of amides is 2. The molecule has 2 amide bonds. The molecule has 4 heterocycles. The van der Waals surface area contributed by atoms with Gasteiger partial charge in [0.2, 0.25) is 0 Å². The lowest BCUT2D eigenvalue weighted by Crippen LogP contribution is -2.43. The van der Waals surface area contributed by atoms with Crippen molar-refractivity contribution in [1.29, 1.82) is 0 Å². The molecule has 2 aliphatic heterocycles.